The molecule has 98 valence electrons. The SMILES string of the molecule is CC1COC(CO)CN1c1ccc(C(N)=O)cn1. The van der Waals surface area contributed by atoms with Crippen LogP contribution in [0.1, 0.15) is 17.3 Å². The zero-order valence-corrected chi connectivity index (χ0v) is 10.2. The van der Waals surface area contributed by atoms with E-state index in [1.165, 1.54) is 6.20 Å². The molecule has 0 spiro atoms. The van der Waals surface area contributed by atoms with Gasteiger partial charge in [0.25, 0.3) is 0 Å². The van der Waals surface area contributed by atoms with Gasteiger partial charge in [-0.3, -0.25) is 4.79 Å². The van der Waals surface area contributed by atoms with Crippen molar-refractivity contribution in [3.8, 4) is 0 Å². The first-order chi connectivity index (χ1) is 8.61. The van der Waals surface area contributed by atoms with E-state index in [9.17, 15) is 4.79 Å². The highest BCUT2D eigenvalue weighted by Crippen LogP contribution is 2.19. The number of anilines is 1. The van der Waals surface area contributed by atoms with Gasteiger partial charge in [-0.2, -0.15) is 0 Å². The molecule has 0 aromatic carbocycles. The molecule has 1 aliphatic rings. The van der Waals surface area contributed by atoms with Gasteiger partial charge in [-0.1, -0.05) is 0 Å². The van der Waals surface area contributed by atoms with Crippen molar-refractivity contribution in [3.63, 3.8) is 0 Å². The Morgan fingerprint density at radius 1 is 1.67 bits per heavy atom. The summed E-state index contributed by atoms with van der Waals surface area (Å²) in [6.45, 7) is 3.14. The normalized spacial score (nSPS) is 24.0. The molecule has 1 fully saturated rings. The number of aliphatic hydroxyl groups is 1. The number of primary amides is 1. The minimum atomic E-state index is -0.489. The van der Waals surface area contributed by atoms with Gasteiger partial charge in [0.1, 0.15) is 5.82 Å². The summed E-state index contributed by atoms with van der Waals surface area (Å²) < 4.78 is 5.46. The number of pyridine rings is 1. The fraction of sp³-hybridized carbons (Fsp3) is 0.500. The van der Waals surface area contributed by atoms with Crippen molar-refractivity contribution in [3.05, 3.63) is 23.9 Å². The molecular weight excluding hydrogens is 234 g/mol. The Hall–Kier alpha value is -1.66. The lowest BCUT2D eigenvalue weighted by Crippen LogP contribution is -2.50. The number of hydrogen-bond acceptors (Lipinski definition) is 5. The highest BCUT2D eigenvalue weighted by atomic mass is 16.5. The van der Waals surface area contributed by atoms with E-state index in [1.807, 2.05) is 6.92 Å². The van der Waals surface area contributed by atoms with Gasteiger partial charge in [0, 0.05) is 12.7 Å². The van der Waals surface area contributed by atoms with Gasteiger partial charge in [0.05, 0.1) is 30.9 Å². The zero-order valence-electron chi connectivity index (χ0n) is 10.2. The maximum absolute atomic E-state index is 11.0. The van der Waals surface area contributed by atoms with E-state index in [0.717, 1.165) is 5.82 Å². The third-order valence-corrected chi connectivity index (χ3v) is 3.04. The van der Waals surface area contributed by atoms with Crippen molar-refractivity contribution in [2.75, 3.05) is 24.7 Å². The summed E-state index contributed by atoms with van der Waals surface area (Å²) in [5, 5.41) is 9.13. The molecule has 6 nitrogen and oxygen atoms in total. The number of hydrogen-bond donors (Lipinski definition) is 2. The molecular formula is C12H17N3O3. The monoisotopic (exact) mass is 251 g/mol. The quantitative estimate of drug-likeness (QED) is 0.774. The van der Waals surface area contributed by atoms with Gasteiger partial charge in [0.15, 0.2) is 0 Å². The van der Waals surface area contributed by atoms with Gasteiger partial charge in [-0.05, 0) is 19.1 Å². The molecule has 3 N–H and O–H groups in total. The third-order valence-electron chi connectivity index (χ3n) is 3.04. The number of aliphatic hydroxyl groups excluding tert-OH is 1. The van der Waals surface area contributed by atoms with Crippen LogP contribution in [0.3, 0.4) is 0 Å². The van der Waals surface area contributed by atoms with E-state index >= 15 is 0 Å². The van der Waals surface area contributed by atoms with Gasteiger partial charge >= 0.3 is 0 Å². The van der Waals surface area contributed by atoms with Gasteiger partial charge in [-0.15, -0.1) is 0 Å². The molecule has 1 amide bonds. The van der Waals surface area contributed by atoms with Crippen LogP contribution in [-0.4, -0.2) is 47.9 Å². The molecule has 1 saturated heterocycles. The number of aromatic nitrogens is 1. The fourth-order valence-corrected chi connectivity index (χ4v) is 1.95. The Kier molecular flexibility index (Phi) is 3.78. The van der Waals surface area contributed by atoms with Crippen molar-refractivity contribution in [2.45, 2.75) is 19.1 Å². The van der Waals surface area contributed by atoms with E-state index in [4.69, 9.17) is 15.6 Å². The first-order valence-electron chi connectivity index (χ1n) is 5.86. The van der Waals surface area contributed by atoms with Crippen LogP contribution < -0.4 is 10.6 Å². The average molecular weight is 251 g/mol. The lowest BCUT2D eigenvalue weighted by atomic mass is 10.2. The van der Waals surface area contributed by atoms with E-state index in [1.54, 1.807) is 12.1 Å². The number of nitrogens with zero attached hydrogens (tertiary/aromatic N) is 2. The molecule has 0 radical (unpaired) electrons. The van der Waals surface area contributed by atoms with Crippen LogP contribution >= 0.6 is 0 Å². The third kappa shape index (κ3) is 2.60. The maximum atomic E-state index is 11.0. The topological polar surface area (TPSA) is 88.7 Å². The zero-order chi connectivity index (χ0) is 13.1. The minimum Gasteiger partial charge on any atom is -0.394 e. The van der Waals surface area contributed by atoms with Crippen LogP contribution in [0.25, 0.3) is 0 Å². The summed E-state index contributed by atoms with van der Waals surface area (Å²) in [5.41, 5.74) is 5.55. The van der Waals surface area contributed by atoms with E-state index < -0.39 is 5.91 Å². The highest BCUT2D eigenvalue weighted by Gasteiger charge is 2.26. The Bertz CT molecular complexity index is 421. The first-order valence-corrected chi connectivity index (χ1v) is 5.86. The molecule has 2 unspecified atom stereocenters. The average Bonchev–Trinajstić information content (AvgIpc) is 2.39. The lowest BCUT2D eigenvalue weighted by molar-refractivity contribution is -0.0105. The molecule has 18 heavy (non-hydrogen) atoms. The van der Waals surface area contributed by atoms with Crippen LogP contribution in [0, 0.1) is 0 Å². The van der Waals surface area contributed by atoms with Crippen molar-refractivity contribution < 1.29 is 14.6 Å². The Balaban J connectivity index is 2.16. The van der Waals surface area contributed by atoms with Gasteiger partial charge < -0.3 is 20.5 Å². The molecule has 0 saturated carbocycles. The lowest BCUT2D eigenvalue weighted by Gasteiger charge is -2.38. The molecule has 0 aliphatic carbocycles. The van der Waals surface area contributed by atoms with Gasteiger partial charge in [-0.25, -0.2) is 4.98 Å². The first kappa shape index (κ1) is 12.8. The van der Waals surface area contributed by atoms with E-state index in [-0.39, 0.29) is 18.8 Å². The van der Waals surface area contributed by atoms with Gasteiger partial charge in [0.2, 0.25) is 5.91 Å². The Morgan fingerprint density at radius 3 is 3.00 bits per heavy atom. The summed E-state index contributed by atoms with van der Waals surface area (Å²) in [6, 6.07) is 3.59. The number of morpholine rings is 1. The summed E-state index contributed by atoms with van der Waals surface area (Å²) >= 11 is 0. The maximum Gasteiger partial charge on any atom is 0.250 e. The van der Waals surface area contributed by atoms with Crippen LogP contribution in [0.2, 0.25) is 0 Å². The molecule has 6 heteroatoms. The fourth-order valence-electron chi connectivity index (χ4n) is 1.95. The molecule has 2 heterocycles. The predicted molar refractivity (Wildman–Crippen MR) is 66.4 cm³/mol. The number of rotatable bonds is 3. The van der Waals surface area contributed by atoms with E-state index in [0.29, 0.717) is 18.7 Å². The van der Waals surface area contributed by atoms with Crippen LogP contribution in [0.15, 0.2) is 18.3 Å². The van der Waals surface area contributed by atoms with E-state index in [2.05, 4.69) is 9.88 Å². The second-order valence-corrected chi connectivity index (χ2v) is 4.41. The smallest absolute Gasteiger partial charge is 0.250 e. The summed E-state index contributed by atoms with van der Waals surface area (Å²) in [4.78, 5) is 17.2. The second kappa shape index (κ2) is 5.32. The molecule has 1 aromatic rings. The Morgan fingerprint density at radius 2 is 2.44 bits per heavy atom. The molecule has 2 atom stereocenters. The molecule has 1 aromatic heterocycles. The largest absolute Gasteiger partial charge is 0.394 e. The van der Waals surface area contributed by atoms with Crippen LogP contribution in [0.5, 0.6) is 0 Å². The number of carbonyl (C=O) groups excluding carboxylic acids is 1. The van der Waals surface area contributed by atoms with Crippen molar-refractivity contribution in [1.29, 1.82) is 0 Å². The van der Waals surface area contributed by atoms with Crippen molar-refractivity contribution >= 4 is 11.7 Å². The number of ether oxygens (including phenoxy) is 1. The second-order valence-electron chi connectivity index (χ2n) is 4.41. The molecule has 2 rings (SSSR count). The molecule has 0 bridgehead atoms. The number of nitrogens with two attached hydrogens (primary N) is 1. The summed E-state index contributed by atoms with van der Waals surface area (Å²) in [7, 11) is 0. The standard InChI is InChI=1S/C12H17N3O3/c1-8-7-18-10(6-16)5-15(8)11-3-2-9(4-14-11)12(13)17/h2-4,8,10,16H,5-7H2,1H3,(H2,13,17). The van der Waals surface area contributed by atoms with Crippen LogP contribution in [0.4, 0.5) is 5.82 Å². The number of amides is 1. The highest BCUT2D eigenvalue weighted by molar-refractivity contribution is 5.92. The van der Waals surface area contributed by atoms with Crippen LogP contribution in [-0.2, 0) is 4.74 Å². The summed E-state index contributed by atoms with van der Waals surface area (Å²) in [5.74, 6) is 0.270. The van der Waals surface area contributed by atoms with Crippen molar-refractivity contribution in [2.24, 2.45) is 5.73 Å². The Labute approximate surface area is 105 Å². The molecule has 1 aliphatic heterocycles. The van der Waals surface area contributed by atoms with Crippen molar-refractivity contribution in [1.82, 2.24) is 4.98 Å². The number of carbonyl (C=O) groups is 1. The summed E-state index contributed by atoms with van der Waals surface area (Å²) in [6.07, 6.45) is 1.27. The predicted octanol–water partition coefficient (Wildman–Crippen LogP) is -0.234. The minimum absolute atomic E-state index is 0.0113.